The zero-order chi connectivity index (χ0) is 10.7. The van der Waals surface area contributed by atoms with Crippen LogP contribution >= 0.6 is 0 Å². The van der Waals surface area contributed by atoms with Crippen molar-refractivity contribution in [3.63, 3.8) is 0 Å². The van der Waals surface area contributed by atoms with Crippen LogP contribution in [-0.4, -0.2) is 30.5 Å². The van der Waals surface area contributed by atoms with Crippen LogP contribution in [0.1, 0.15) is 39.5 Å². The monoisotopic (exact) mass is 201 g/mol. The van der Waals surface area contributed by atoms with Crippen molar-refractivity contribution in [2.75, 3.05) is 19.8 Å². The van der Waals surface area contributed by atoms with Crippen LogP contribution in [0.25, 0.3) is 0 Å². The van der Waals surface area contributed by atoms with Gasteiger partial charge in [-0.15, -0.1) is 0 Å². The van der Waals surface area contributed by atoms with E-state index in [1.165, 1.54) is 0 Å². The van der Waals surface area contributed by atoms with Crippen molar-refractivity contribution < 1.29 is 9.84 Å². The minimum absolute atomic E-state index is 0.0349. The van der Waals surface area contributed by atoms with Gasteiger partial charge in [0.2, 0.25) is 0 Å². The Bertz CT molecular complexity index is 182. The zero-order valence-electron chi connectivity index (χ0n) is 9.38. The Morgan fingerprint density at radius 2 is 2.21 bits per heavy atom. The van der Waals surface area contributed by atoms with Crippen LogP contribution in [-0.2, 0) is 4.74 Å². The zero-order valence-corrected chi connectivity index (χ0v) is 9.38. The maximum absolute atomic E-state index is 9.06. The fraction of sp³-hybridized carbons (Fsp3) is 1.00. The molecule has 0 amide bonds. The molecular weight excluding hydrogens is 178 g/mol. The van der Waals surface area contributed by atoms with Crippen LogP contribution in [0.3, 0.4) is 0 Å². The van der Waals surface area contributed by atoms with Gasteiger partial charge in [0.15, 0.2) is 0 Å². The number of rotatable bonds is 4. The minimum atomic E-state index is -0.0349. The van der Waals surface area contributed by atoms with Crippen LogP contribution in [0.2, 0.25) is 0 Å². The minimum Gasteiger partial charge on any atom is -0.396 e. The lowest BCUT2D eigenvalue weighted by atomic mass is 9.71. The Morgan fingerprint density at radius 1 is 1.50 bits per heavy atom. The molecule has 1 saturated heterocycles. The Kier molecular flexibility index (Phi) is 3.93. The van der Waals surface area contributed by atoms with Crippen LogP contribution in [0, 0.1) is 5.41 Å². The molecule has 0 aromatic rings. The molecule has 1 heterocycles. The second-order valence-electron chi connectivity index (χ2n) is 4.76. The van der Waals surface area contributed by atoms with E-state index in [4.69, 9.17) is 15.6 Å². The molecule has 1 aliphatic heterocycles. The summed E-state index contributed by atoms with van der Waals surface area (Å²) in [6, 6.07) is 0. The topological polar surface area (TPSA) is 55.5 Å². The van der Waals surface area contributed by atoms with Crippen molar-refractivity contribution in [1.82, 2.24) is 0 Å². The van der Waals surface area contributed by atoms with E-state index in [2.05, 4.69) is 13.8 Å². The molecule has 0 aromatic heterocycles. The van der Waals surface area contributed by atoms with Gasteiger partial charge in [0.05, 0.1) is 5.60 Å². The highest BCUT2D eigenvalue weighted by Gasteiger charge is 2.40. The van der Waals surface area contributed by atoms with E-state index >= 15 is 0 Å². The quantitative estimate of drug-likeness (QED) is 0.720. The van der Waals surface area contributed by atoms with Crippen molar-refractivity contribution in [2.45, 2.75) is 45.1 Å². The summed E-state index contributed by atoms with van der Waals surface area (Å²) in [5.41, 5.74) is 5.91. The van der Waals surface area contributed by atoms with Crippen LogP contribution in [0.4, 0.5) is 0 Å². The molecule has 3 nitrogen and oxygen atoms in total. The molecular formula is C11H23NO2. The lowest BCUT2D eigenvalue weighted by Crippen LogP contribution is -2.46. The van der Waals surface area contributed by atoms with Gasteiger partial charge in [-0.25, -0.2) is 0 Å². The number of aliphatic hydroxyl groups is 1. The van der Waals surface area contributed by atoms with Gasteiger partial charge >= 0.3 is 0 Å². The second kappa shape index (κ2) is 4.60. The predicted molar refractivity (Wildman–Crippen MR) is 57.1 cm³/mol. The molecule has 3 N–H and O–H groups in total. The summed E-state index contributed by atoms with van der Waals surface area (Å²) in [5, 5.41) is 9.06. The third-order valence-electron chi connectivity index (χ3n) is 3.65. The summed E-state index contributed by atoms with van der Waals surface area (Å²) < 4.78 is 5.78. The smallest absolute Gasteiger partial charge is 0.0657 e. The van der Waals surface area contributed by atoms with Crippen LogP contribution in [0.5, 0.6) is 0 Å². The third kappa shape index (κ3) is 2.47. The lowest BCUT2D eigenvalue weighted by molar-refractivity contribution is -0.119. The molecule has 1 rings (SSSR count). The van der Waals surface area contributed by atoms with Crippen molar-refractivity contribution >= 4 is 0 Å². The number of hydrogen-bond acceptors (Lipinski definition) is 3. The van der Waals surface area contributed by atoms with Gasteiger partial charge in [-0.1, -0.05) is 6.92 Å². The van der Waals surface area contributed by atoms with Crippen molar-refractivity contribution in [3.8, 4) is 0 Å². The fourth-order valence-electron chi connectivity index (χ4n) is 2.40. The van der Waals surface area contributed by atoms with Crippen LogP contribution < -0.4 is 5.73 Å². The molecule has 0 bridgehead atoms. The highest BCUT2D eigenvalue weighted by atomic mass is 16.5. The number of nitrogens with two attached hydrogens (primary N) is 1. The molecule has 0 spiro atoms. The van der Waals surface area contributed by atoms with Gasteiger partial charge < -0.3 is 15.6 Å². The van der Waals surface area contributed by atoms with E-state index < -0.39 is 0 Å². The summed E-state index contributed by atoms with van der Waals surface area (Å²) in [5.74, 6) is 0. The number of ether oxygens (including phenoxy) is 1. The summed E-state index contributed by atoms with van der Waals surface area (Å²) in [4.78, 5) is 0. The first kappa shape index (κ1) is 12.0. The molecule has 3 heteroatoms. The number of aliphatic hydroxyl groups excluding tert-OH is 1. The Hall–Kier alpha value is -0.120. The van der Waals surface area contributed by atoms with Gasteiger partial charge in [-0.2, -0.15) is 0 Å². The molecule has 2 unspecified atom stereocenters. The molecule has 0 saturated carbocycles. The first-order chi connectivity index (χ1) is 6.60. The normalized spacial score (nSPS) is 38.6. The first-order valence-corrected chi connectivity index (χ1v) is 5.55. The van der Waals surface area contributed by atoms with Crippen molar-refractivity contribution in [3.05, 3.63) is 0 Å². The molecule has 0 radical (unpaired) electrons. The Morgan fingerprint density at radius 3 is 2.71 bits per heavy atom. The maximum Gasteiger partial charge on any atom is 0.0657 e. The largest absolute Gasteiger partial charge is 0.396 e. The molecule has 2 atom stereocenters. The average molecular weight is 201 g/mol. The highest BCUT2D eigenvalue weighted by Crippen LogP contribution is 2.41. The van der Waals surface area contributed by atoms with E-state index in [9.17, 15) is 0 Å². The second-order valence-corrected chi connectivity index (χ2v) is 4.76. The first-order valence-electron chi connectivity index (χ1n) is 5.55. The summed E-state index contributed by atoms with van der Waals surface area (Å²) in [6.45, 7) is 5.96. The SMILES string of the molecule is CCC1(C)CC(CN)(CCO)CCO1. The molecule has 1 aliphatic rings. The molecule has 14 heavy (non-hydrogen) atoms. The van der Waals surface area contributed by atoms with E-state index in [-0.39, 0.29) is 17.6 Å². The Labute approximate surface area is 86.6 Å². The summed E-state index contributed by atoms with van der Waals surface area (Å²) >= 11 is 0. The average Bonchev–Trinajstić information content (AvgIpc) is 2.18. The summed E-state index contributed by atoms with van der Waals surface area (Å²) in [7, 11) is 0. The fourth-order valence-corrected chi connectivity index (χ4v) is 2.40. The van der Waals surface area contributed by atoms with Crippen molar-refractivity contribution in [1.29, 1.82) is 0 Å². The number of hydrogen-bond donors (Lipinski definition) is 2. The van der Waals surface area contributed by atoms with Crippen molar-refractivity contribution in [2.24, 2.45) is 11.1 Å². The third-order valence-corrected chi connectivity index (χ3v) is 3.65. The van der Waals surface area contributed by atoms with Gasteiger partial charge in [-0.05, 0) is 44.6 Å². The van der Waals surface area contributed by atoms with E-state index in [0.29, 0.717) is 6.54 Å². The van der Waals surface area contributed by atoms with Gasteiger partial charge in [0.25, 0.3) is 0 Å². The molecule has 84 valence electrons. The molecule has 0 aromatic carbocycles. The van der Waals surface area contributed by atoms with Gasteiger partial charge in [0, 0.05) is 13.2 Å². The Balaban J connectivity index is 2.68. The highest BCUT2D eigenvalue weighted by molar-refractivity contribution is 4.92. The maximum atomic E-state index is 9.06. The standard InChI is InChI=1S/C11H23NO2/c1-3-10(2)8-11(9-12,4-6-13)5-7-14-10/h13H,3-9,12H2,1-2H3. The van der Waals surface area contributed by atoms with E-state index in [1.807, 2.05) is 0 Å². The lowest BCUT2D eigenvalue weighted by Gasteiger charge is -2.45. The van der Waals surface area contributed by atoms with Gasteiger partial charge in [0.1, 0.15) is 0 Å². The molecule has 0 aliphatic carbocycles. The van der Waals surface area contributed by atoms with Gasteiger partial charge in [-0.3, -0.25) is 0 Å². The molecule has 1 fully saturated rings. The van der Waals surface area contributed by atoms with E-state index in [1.54, 1.807) is 0 Å². The van der Waals surface area contributed by atoms with E-state index in [0.717, 1.165) is 32.3 Å². The predicted octanol–water partition coefficient (Wildman–Crippen LogP) is 1.29. The summed E-state index contributed by atoms with van der Waals surface area (Å²) in [6.07, 6.45) is 3.79. The van der Waals surface area contributed by atoms with Crippen LogP contribution in [0.15, 0.2) is 0 Å².